The lowest BCUT2D eigenvalue weighted by atomic mass is 9.79. The zero-order valence-corrected chi connectivity index (χ0v) is 12.0. The lowest BCUT2D eigenvalue weighted by molar-refractivity contribution is -0.0582. The minimum Gasteiger partial charge on any atom is -0.389 e. The molecule has 1 fully saturated rings. The molecule has 1 saturated carbocycles. The average molecular weight is 317 g/mol. The molecule has 0 aliphatic heterocycles. The predicted octanol–water partition coefficient (Wildman–Crippen LogP) is 3.45. The molecule has 1 aliphatic rings. The summed E-state index contributed by atoms with van der Waals surface area (Å²) in [6, 6.07) is 4.58. The molecule has 2 rings (SSSR count). The van der Waals surface area contributed by atoms with Gasteiger partial charge in [0.05, 0.1) is 11.7 Å². The molecular weight excluding hydrogens is 299 g/mol. The Kier molecular flexibility index (Phi) is 4.41. The van der Waals surface area contributed by atoms with Gasteiger partial charge in [-0.25, -0.2) is 4.39 Å². The number of hydrogen-bond donors (Lipinski definition) is 1. The summed E-state index contributed by atoms with van der Waals surface area (Å²) in [6.07, 6.45) is 3.87. The Balaban J connectivity index is 2.14. The van der Waals surface area contributed by atoms with Gasteiger partial charge in [-0.05, 0) is 43.0 Å². The summed E-state index contributed by atoms with van der Waals surface area (Å²) in [4.78, 5) is 0. The number of rotatable bonds is 3. The lowest BCUT2D eigenvalue weighted by Crippen LogP contribution is -2.40. The third kappa shape index (κ3) is 3.31. The van der Waals surface area contributed by atoms with Crippen molar-refractivity contribution < 1.29 is 14.2 Å². The summed E-state index contributed by atoms with van der Waals surface area (Å²) >= 11 is 3.40. The molecular formula is C14H18BrFO2. The molecule has 0 radical (unpaired) electrons. The van der Waals surface area contributed by atoms with Gasteiger partial charge in [0.2, 0.25) is 0 Å². The second kappa shape index (κ2) is 5.68. The molecule has 4 heteroatoms. The van der Waals surface area contributed by atoms with Crippen LogP contribution in [0.25, 0.3) is 0 Å². The Labute approximate surface area is 115 Å². The van der Waals surface area contributed by atoms with Crippen LogP contribution in [0.2, 0.25) is 0 Å². The van der Waals surface area contributed by atoms with E-state index < -0.39 is 5.60 Å². The molecule has 0 amide bonds. The minimum atomic E-state index is -0.782. The Bertz CT molecular complexity index is 424. The van der Waals surface area contributed by atoms with Crippen LogP contribution in [0, 0.1) is 5.82 Å². The first-order valence-corrected chi connectivity index (χ1v) is 7.01. The predicted molar refractivity (Wildman–Crippen MR) is 72.0 cm³/mol. The molecule has 0 heterocycles. The van der Waals surface area contributed by atoms with Crippen molar-refractivity contribution in [3.63, 3.8) is 0 Å². The van der Waals surface area contributed by atoms with E-state index in [0.29, 0.717) is 12.8 Å². The summed E-state index contributed by atoms with van der Waals surface area (Å²) in [5.74, 6) is -0.268. The van der Waals surface area contributed by atoms with E-state index in [2.05, 4.69) is 15.9 Å². The van der Waals surface area contributed by atoms with Crippen LogP contribution in [0.4, 0.5) is 4.39 Å². The molecule has 1 aromatic carbocycles. The van der Waals surface area contributed by atoms with E-state index in [4.69, 9.17) is 4.74 Å². The highest BCUT2D eigenvalue weighted by Gasteiger charge is 2.35. The molecule has 0 saturated heterocycles. The molecule has 0 aromatic heterocycles. The number of halogens is 2. The molecule has 1 aliphatic carbocycles. The zero-order chi connectivity index (χ0) is 13.2. The van der Waals surface area contributed by atoms with Crippen molar-refractivity contribution >= 4 is 15.9 Å². The van der Waals surface area contributed by atoms with Crippen LogP contribution in [0.5, 0.6) is 0 Å². The molecule has 0 bridgehead atoms. The summed E-state index contributed by atoms with van der Waals surface area (Å²) in [5.41, 5.74) is 0.0316. The third-order valence-electron chi connectivity index (χ3n) is 3.64. The van der Waals surface area contributed by atoms with E-state index in [0.717, 1.165) is 29.3 Å². The highest BCUT2D eigenvalue weighted by atomic mass is 79.9. The SMILES string of the molecule is COC1CCCC(O)(Cc2cc(F)ccc2Br)C1. The van der Waals surface area contributed by atoms with Gasteiger partial charge in [0.1, 0.15) is 5.82 Å². The molecule has 2 atom stereocenters. The van der Waals surface area contributed by atoms with Crippen LogP contribution in [0.15, 0.2) is 22.7 Å². The first-order valence-electron chi connectivity index (χ1n) is 6.21. The van der Waals surface area contributed by atoms with Gasteiger partial charge in [-0.15, -0.1) is 0 Å². The van der Waals surface area contributed by atoms with Crippen molar-refractivity contribution in [1.29, 1.82) is 0 Å². The maximum atomic E-state index is 13.2. The summed E-state index contributed by atoms with van der Waals surface area (Å²) in [6.45, 7) is 0. The van der Waals surface area contributed by atoms with Crippen LogP contribution >= 0.6 is 15.9 Å². The van der Waals surface area contributed by atoms with Gasteiger partial charge in [0.15, 0.2) is 0 Å². The maximum Gasteiger partial charge on any atom is 0.123 e. The van der Waals surface area contributed by atoms with Gasteiger partial charge in [0, 0.05) is 24.4 Å². The van der Waals surface area contributed by atoms with E-state index in [1.165, 1.54) is 12.1 Å². The Morgan fingerprint density at radius 2 is 2.33 bits per heavy atom. The third-order valence-corrected chi connectivity index (χ3v) is 4.41. The highest BCUT2D eigenvalue weighted by molar-refractivity contribution is 9.10. The molecule has 1 N–H and O–H groups in total. The number of benzene rings is 1. The maximum absolute atomic E-state index is 13.2. The van der Waals surface area contributed by atoms with Crippen LogP contribution < -0.4 is 0 Å². The summed E-state index contributed by atoms with van der Waals surface area (Å²) < 4.78 is 19.4. The van der Waals surface area contributed by atoms with Gasteiger partial charge >= 0.3 is 0 Å². The van der Waals surface area contributed by atoms with Crippen LogP contribution in [-0.2, 0) is 11.2 Å². The lowest BCUT2D eigenvalue weighted by Gasteiger charge is -2.36. The van der Waals surface area contributed by atoms with Crippen molar-refractivity contribution in [1.82, 2.24) is 0 Å². The molecule has 2 nitrogen and oxygen atoms in total. The second-order valence-electron chi connectivity index (χ2n) is 5.09. The van der Waals surface area contributed by atoms with Gasteiger partial charge in [-0.1, -0.05) is 15.9 Å². The number of hydrogen-bond acceptors (Lipinski definition) is 2. The monoisotopic (exact) mass is 316 g/mol. The number of methoxy groups -OCH3 is 1. The first kappa shape index (κ1) is 14.0. The summed E-state index contributed by atoms with van der Waals surface area (Å²) in [7, 11) is 1.68. The van der Waals surface area contributed by atoms with Gasteiger partial charge < -0.3 is 9.84 Å². The average Bonchev–Trinajstić information content (AvgIpc) is 2.33. The van der Waals surface area contributed by atoms with Crippen LogP contribution in [0.1, 0.15) is 31.2 Å². The topological polar surface area (TPSA) is 29.5 Å². The largest absolute Gasteiger partial charge is 0.389 e. The molecule has 2 unspecified atom stereocenters. The fourth-order valence-electron chi connectivity index (χ4n) is 2.68. The fraction of sp³-hybridized carbons (Fsp3) is 0.571. The van der Waals surface area contributed by atoms with Crippen molar-refractivity contribution in [2.75, 3.05) is 7.11 Å². The quantitative estimate of drug-likeness (QED) is 0.925. The van der Waals surface area contributed by atoms with E-state index >= 15 is 0 Å². The Hall–Kier alpha value is -0.450. The van der Waals surface area contributed by atoms with Gasteiger partial charge in [0.25, 0.3) is 0 Å². The molecule has 18 heavy (non-hydrogen) atoms. The number of aliphatic hydroxyl groups is 1. The van der Waals surface area contributed by atoms with E-state index in [-0.39, 0.29) is 11.9 Å². The minimum absolute atomic E-state index is 0.107. The van der Waals surface area contributed by atoms with Crippen LogP contribution in [-0.4, -0.2) is 23.9 Å². The first-order chi connectivity index (χ1) is 8.52. The number of ether oxygens (including phenoxy) is 1. The smallest absolute Gasteiger partial charge is 0.123 e. The van der Waals surface area contributed by atoms with Crippen molar-refractivity contribution in [2.24, 2.45) is 0 Å². The van der Waals surface area contributed by atoms with E-state index in [9.17, 15) is 9.50 Å². The summed E-state index contributed by atoms with van der Waals surface area (Å²) in [5, 5.41) is 10.6. The zero-order valence-electron chi connectivity index (χ0n) is 10.5. The Morgan fingerprint density at radius 1 is 1.56 bits per heavy atom. The normalized spacial score (nSPS) is 28.3. The molecule has 1 aromatic rings. The van der Waals surface area contributed by atoms with E-state index in [1.807, 2.05) is 0 Å². The highest BCUT2D eigenvalue weighted by Crippen LogP contribution is 2.34. The van der Waals surface area contributed by atoms with Crippen LogP contribution in [0.3, 0.4) is 0 Å². The standard InChI is InChI=1S/C14H18BrFO2/c1-18-12-3-2-6-14(17,9-12)8-10-7-11(16)4-5-13(10)15/h4-5,7,12,17H,2-3,6,8-9H2,1H3. The van der Waals surface area contributed by atoms with E-state index in [1.54, 1.807) is 13.2 Å². The van der Waals surface area contributed by atoms with Gasteiger partial charge in [-0.2, -0.15) is 0 Å². The second-order valence-corrected chi connectivity index (χ2v) is 5.95. The molecule has 0 spiro atoms. The molecule has 100 valence electrons. The van der Waals surface area contributed by atoms with Crippen molar-refractivity contribution in [3.05, 3.63) is 34.1 Å². The van der Waals surface area contributed by atoms with Crippen molar-refractivity contribution in [2.45, 2.75) is 43.8 Å². The van der Waals surface area contributed by atoms with Crippen molar-refractivity contribution in [3.8, 4) is 0 Å². The van der Waals surface area contributed by atoms with Gasteiger partial charge in [-0.3, -0.25) is 0 Å². The fourth-order valence-corrected chi connectivity index (χ4v) is 3.07. The Morgan fingerprint density at radius 3 is 3.06 bits per heavy atom.